The number of ether oxygens (including phenoxy) is 2. The Morgan fingerprint density at radius 1 is 1.16 bits per heavy atom. The Kier molecular flexibility index (Phi) is 8.45. The van der Waals surface area contributed by atoms with Gasteiger partial charge in [0.1, 0.15) is 5.75 Å². The van der Waals surface area contributed by atoms with Gasteiger partial charge in [0, 0.05) is 29.6 Å². The number of hydrogen-bond donors (Lipinski definition) is 1. The van der Waals surface area contributed by atoms with Gasteiger partial charge in [-0.1, -0.05) is 79.3 Å². The molecular weight excluding hydrogens is 604 g/mol. The van der Waals surface area contributed by atoms with Crippen LogP contribution in [0.1, 0.15) is 30.0 Å². The molecule has 3 aromatic rings. The van der Waals surface area contributed by atoms with Crippen LogP contribution in [-0.4, -0.2) is 62.3 Å². The first kappa shape index (κ1) is 31.5. The second-order valence-electron chi connectivity index (χ2n) is 13.1. The van der Waals surface area contributed by atoms with Gasteiger partial charge in [0.15, 0.2) is 5.60 Å². The van der Waals surface area contributed by atoms with Gasteiger partial charge in [-0.15, -0.1) is 6.58 Å². The smallest absolute Gasteiger partial charge is 0.264 e. The van der Waals surface area contributed by atoms with E-state index in [1.165, 1.54) is 5.19 Å². The van der Waals surface area contributed by atoms with Crippen LogP contribution in [0.5, 0.6) is 5.75 Å². The van der Waals surface area contributed by atoms with Crippen molar-refractivity contribution in [1.82, 2.24) is 4.90 Å². The molecule has 3 aliphatic heterocycles. The topological polar surface area (TPSA) is 79.3 Å². The number of fused-ring (bicyclic) bond motifs is 3. The van der Waals surface area contributed by atoms with Crippen LogP contribution < -0.4 is 14.8 Å². The van der Waals surface area contributed by atoms with Crippen molar-refractivity contribution in [3.05, 3.63) is 101 Å². The van der Waals surface area contributed by atoms with Crippen molar-refractivity contribution >= 4 is 42.4 Å². The van der Waals surface area contributed by atoms with Crippen LogP contribution in [0.2, 0.25) is 23.7 Å². The molecule has 0 radical (unpaired) electrons. The highest BCUT2D eigenvalue weighted by Gasteiger charge is 2.66. The van der Waals surface area contributed by atoms with Crippen LogP contribution in [0.15, 0.2) is 79.4 Å². The molecule has 3 aliphatic rings. The number of rotatable bonds is 8. The number of carbonyl (C=O) groups excluding carboxylic acids is 2. The van der Waals surface area contributed by atoms with E-state index in [0.29, 0.717) is 24.5 Å². The minimum absolute atomic E-state index is 0.0814. The van der Waals surface area contributed by atoms with Crippen LogP contribution in [0.4, 0.5) is 5.69 Å². The molecule has 45 heavy (non-hydrogen) atoms. The van der Waals surface area contributed by atoms with E-state index >= 15 is 0 Å². The van der Waals surface area contributed by atoms with Gasteiger partial charge >= 0.3 is 0 Å². The molecule has 3 heterocycles. The van der Waals surface area contributed by atoms with E-state index in [1.54, 1.807) is 29.1 Å². The molecule has 0 bridgehead atoms. The molecule has 3 aromatic carbocycles. The Morgan fingerprint density at radius 2 is 1.87 bits per heavy atom. The highest BCUT2D eigenvalue weighted by molar-refractivity contribution is 6.91. The van der Waals surface area contributed by atoms with Crippen LogP contribution in [-0.2, 0) is 32.9 Å². The Morgan fingerprint density at radius 3 is 2.53 bits per heavy atom. The second-order valence-corrected chi connectivity index (χ2v) is 18.2. The number of anilines is 1. The van der Waals surface area contributed by atoms with Crippen molar-refractivity contribution in [2.24, 2.45) is 5.92 Å². The number of methoxy groups -OCH3 is 1. The SMILES string of the molecule is C=CCN1C(=O)[C@]2(O[C@H](CC(=O)N3Cc4ccccc4C[C@H]3CO)[C@@H]([Si](C)(C)c3ccc(OC)cc3)[C@@H]2C)c2cc(Cl)ccc21. The molecule has 0 unspecified atom stereocenters. The molecule has 1 spiro atoms. The maximum absolute atomic E-state index is 14.5. The molecule has 236 valence electrons. The molecule has 1 saturated heterocycles. The average molecular weight is 645 g/mol. The molecule has 0 aliphatic carbocycles. The van der Waals surface area contributed by atoms with Crippen molar-refractivity contribution in [1.29, 1.82) is 0 Å². The summed E-state index contributed by atoms with van der Waals surface area (Å²) < 4.78 is 12.5. The maximum atomic E-state index is 14.5. The predicted molar refractivity (Wildman–Crippen MR) is 180 cm³/mol. The summed E-state index contributed by atoms with van der Waals surface area (Å²) in [5.41, 5.74) is 2.36. The van der Waals surface area contributed by atoms with E-state index in [9.17, 15) is 14.7 Å². The lowest BCUT2D eigenvalue weighted by atomic mass is 9.82. The first-order valence-corrected chi connectivity index (χ1v) is 19.0. The molecule has 2 amide bonds. The van der Waals surface area contributed by atoms with Crippen molar-refractivity contribution in [2.45, 2.75) is 62.7 Å². The summed E-state index contributed by atoms with van der Waals surface area (Å²) in [6.07, 6.45) is 1.88. The Hall–Kier alpha value is -3.43. The van der Waals surface area contributed by atoms with Crippen molar-refractivity contribution in [3.8, 4) is 5.75 Å². The average Bonchev–Trinajstić information content (AvgIpc) is 3.46. The molecule has 1 N–H and O–H groups in total. The highest BCUT2D eigenvalue weighted by Crippen LogP contribution is 2.60. The Bertz CT molecular complexity index is 1630. The maximum Gasteiger partial charge on any atom is 0.264 e. The Balaban J connectivity index is 1.43. The number of nitrogens with zero attached hydrogens (tertiary/aromatic N) is 2. The lowest BCUT2D eigenvalue weighted by Gasteiger charge is -2.39. The number of aliphatic hydroxyl groups excluding tert-OH is 1. The summed E-state index contributed by atoms with van der Waals surface area (Å²) >= 11 is 6.56. The molecule has 7 nitrogen and oxygen atoms in total. The van der Waals surface area contributed by atoms with Gasteiger partial charge in [-0.05, 0) is 53.4 Å². The lowest BCUT2D eigenvalue weighted by molar-refractivity contribution is -0.150. The molecule has 9 heteroatoms. The van der Waals surface area contributed by atoms with E-state index in [1.807, 2.05) is 42.5 Å². The molecule has 0 saturated carbocycles. The second kappa shape index (κ2) is 12.1. The van der Waals surface area contributed by atoms with E-state index in [2.05, 4.69) is 44.8 Å². The van der Waals surface area contributed by atoms with Gasteiger partial charge in [0.05, 0.1) is 46.0 Å². The van der Waals surface area contributed by atoms with Crippen LogP contribution in [0.25, 0.3) is 0 Å². The van der Waals surface area contributed by atoms with Gasteiger partial charge in [0.2, 0.25) is 5.91 Å². The summed E-state index contributed by atoms with van der Waals surface area (Å²) in [5, 5.41) is 12.0. The molecular formula is C36H41ClN2O5Si. The first-order chi connectivity index (χ1) is 21.6. The van der Waals surface area contributed by atoms with Gasteiger partial charge in [-0.25, -0.2) is 0 Å². The summed E-state index contributed by atoms with van der Waals surface area (Å²) in [6, 6.07) is 21.4. The van der Waals surface area contributed by atoms with E-state index < -0.39 is 19.8 Å². The fourth-order valence-electron chi connectivity index (χ4n) is 8.13. The number of halogens is 1. The number of benzene rings is 3. The highest BCUT2D eigenvalue weighted by atomic mass is 35.5. The third-order valence-electron chi connectivity index (χ3n) is 10.4. The fraction of sp³-hybridized carbons (Fsp3) is 0.389. The molecule has 5 atom stereocenters. The van der Waals surface area contributed by atoms with E-state index in [0.717, 1.165) is 28.1 Å². The molecule has 1 fully saturated rings. The van der Waals surface area contributed by atoms with Crippen LogP contribution >= 0.6 is 11.6 Å². The minimum Gasteiger partial charge on any atom is -0.497 e. The zero-order valence-corrected chi connectivity index (χ0v) is 28.1. The van der Waals surface area contributed by atoms with E-state index in [-0.39, 0.29) is 42.3 Å². The zero-order valence-electron chi connectivity index (χ0n) is 26.3. The molecule has 6 rings (SSSR count). The predicted octanol–water partition coefficient (Wildman–Crippen LogP) is 5.43. The summed E-state index contributed by atoms with van der Waals surface area (Å²) in [6.45, 7) is 11.2. The number of aliphatic hydroxyl groups is 1. The normalized spacial score (nSPS) is 25.8. The largest absolute Gasteiger partial charge is 0.497 e. The minimum atomic E-state index is -2.43. The summed E-state index contributed by atoms with van der Waals surface area (Å²) in [4.78, 5) is 32.3. The monoisotopic (exact) mass is 644 g/mol. The van der Waals surface area contributed by atoms with Crippen LogP contribution in [0.3, 0.4) is 0 Å². The lowest BCUT2D eigenvalue weighted by Crippen LogP contribution is -2.52. The number of amides is 2. The molecule has 0 aromatic heterocycles. The summed E-state index contributed by atoms with van der Waals surface area (Å²) in [7, 11) is -0.780. The van der Waals surface area contributed by atoms with Gasteiger partial charge in [-0.2, -0.15) is 0 Å². The van der Waals surface area contributed by atoms with Crippen LogP contribution in [0, 0.1) is 5.92 Å². The van der Waals surface area contributed by atoms with Gasteiger partial charge < -0.3 is 24.4 Å². The van der Waals surface area contributed by atoms with Gasteiger partial charge in [-0.3, -0.25) is 9.59 Å². The zero-order chi connectivity index (χ0) is 32.1. The number of hydrogen-bond acceptors (Lipinski definition) is 5. The van der Waals surface area contributed by atoms with Crippen molar-refractivity contribution in [3.63, 3.8) is 0 Å². The number of carbonyl (C=O) groups is 2. The standard InChI is InChI=1S/C36H41ClN2O5Si/c1-6-17-38-31-16-11-26(37)19-30(31)36(35(38)42)23(2)34(45(4,5)29-14-12-28(43-3)13-15-29)32(44-36)20-33(41)39-21-25-10-8-7-9-24(25)18-27(39)22-40/h6-16,19,23,27,32,34,40H,1,17-18,20-22H2,2-5H3/t23-,27-,32+,34-,36+/m0/s1. The fourth-order valence-corrected chi connectivity index (χ4v) is 12.3. The third kappa shape index (κ3) is 5.12. The van der Waals surface area contributed by atoms with E-state index in [4.69, 9.17) is 21.1 Å². The summed E-state index contributed by atoms with van der Waals surface area (Å²) in [5.74, 6) is 0.292. The third-order valence-corrected chi connectivity index (χ3v) is 15.0. The van der Waals surface area contributed by atoms with Crippen molar-refractivity contribution in [2.75, 3.05) is 25.2 Å². The van der Waals surface area contributed by atoms with Crippen molar-refractivity contribution < 1.29 is 24.2 Å². The Labute approximate surface area is 271 Å². The first-order valence-electron chi connectivity index (χ1n) is 15.6. The quantitative estimate of drug-likeness (QED) is 0.261. The van der Waals surface area contributed by atoms with Gasteiger partial charge in [0.25, 0.3) is 5.91 Å².